The van der Waals surface area contributed by atoms with Crippen LogP contribution in [0.4, 0.5) is 0 Å². The normalized spacial score (nSPS) is 26.6. The highest BCUT2D eigenvalue weighted by molar-refractivity contribution is 7.99. The zero-order chi connectivity index (χ0) is 13.4. The van der Waals surface area contributed by atoms with Crippen LogP contribution in [0, 0.1) is 0 Å². The molecule has 106 valence electrons. The highest BCUT2D eigenvalue weighted by atomic mass is 32.2. The van der Waals surface area contributed by atoms with Crippen molar-refractivity contribution < 1.29 is 0 Å². The third-order valence-electron chi connectivity index (χ3n) is 4.39. The van der Waals surface area contributed by atoms with E-state index in [1.54, 1.807) is 0 Å². The van der Waals surface area contributed by atoms with E-state index in [1.807, 2.05) is 24.0 Å². The molecule has 0 bridgehead atoms. The predicted octanol–water partition coefficient (Wildman–Crippen LogP) is 2.40. The van der Waals surface area contributed by atoms with Gasteiger partial charge in [-0.2, -0.15) is 11.8 Å². The average Bonchev–Trinajstić information content (AvgIpc) is 3.19. The largest absolute Gasteiger partial charge is 0.312 e. The lowest BCUT2D eigenvalue weighted by molar-refractivity contribution is 0.492. The van der Waals surface area contributed by atoms with Crippen LogP contribution in [0.1, 0.15) is 31.0 Å². The van der Waals surface area contributed by atoms with Crippen LogP contribution in [0.5, 0.6) is 0 Å². The van der Waals surface area contributed by atoms with Gasteiger partial charge in [-0.05, 0) is 43.7 Å². The highest BCUT2D eigenvalue weighted by Gasteiger charge is 2.26. The number of fused-ring (bicyclic) bond motifs is 1. The smallest absolute Gasteiger partial charge is 0.160 e. The molecule has 2 unspecified atom stereocenters. The molecular formula is C15H20N4S. The summed E-state index contributed by atoms with van der Waals surface area (Å²) in [5.41, 5.74) is 2.12. The number of hydrogen-bond donors (Lipinski definition) is 1. The Bertz CT molecular complexity index is 597. The molecule has 0 radical (unpaired) electrons. The third-order valence-corrected chi connectivity index (χ3v) is 5.56. The molecule has 4 rings (SSSR count). The standard InChI is InChI=1S/C15H20N4S/c1-3-12(16-6-1)9-19-14(11-5-8-20-10-11)18-13-4-2-7-17-15(13)19/h2,4,7,11-12,16H,1,3,5-6,8-10H2. The minimum Gasteiger partial charge on any atom is -0.312 e. The van der Waals surface area contributed by atoms with Gasteiger partial charge in [-0.25, -0.2) is 9.97 Å². The van der Waals surface area contributed by atoms with E-state index >= 15 is 0 Å². The van der Waals surface area contributed by atoms with Gasteiger partial charge in [0.05, 0.1) is 0 Å². The average molecular weight is 288 g/mol. The molecular weight excluding hydrogens is 268 g/mol. The van der Waals surface area contributed by atoms with Crippen molar-refractivity contribution in [2.75, 3.05) is 18.1 Å². The molecule has 1 N–H and O–H groups in total. The third kappa shape index (κ3) is 2.23. The number of aromatic nitrogens is 3. The number of pyridine rings is 1. The molecule has 20 heavy (non-hydrogen) atoms. The second-order valence-electron chi connectivity index (χ2n) is 5.78. The molecule has 2 aromatic rings. The summed E-state index contributed by atoms with van der Waals surface area (Å²) in [4.78, 5) is 9.48. The first kappa shape index (κ1) is 12.7. The lowest BCUT2D eigenvalue weighted by Gasteiger charge is -2.16. The van der Waals surface area contributed by atoms with Crippen LogP contribution >= 0.6 is 11.8 Å². The first-order valence-corrected chi connectivity index (χ1v) is 8.69. The van der Waals surface area contributed by atoms with E-state index in [2.05, 4.69) is 20.9 Å². The van der Waals surface area contributed by atoms with Gasteiger partial charge >= 0.3 is 0 Å². The molecule has 2 fully saturated rings. The van der Waals surface area contributed by atoms with Crippen LogP contribution in [0.25, 0.3) is 11.2 Å². The van der Waals surface area contributed by atoms with E-state index in [1.165, 1.54) is 36.6 Å². The highest BCUT2D eigenvalue weighted by Crippen LogP contribution is 2.33. The van der Waals surface area contributed by atoms with Gasteiger partial charge in [0.1, 0.15) is 11.3 Å². The van der Waals surface area contributed by atoms with E-state index in [-0.39, 0.29) is 0 Å². The molecule has 2 aliphatic rings. The Morgan fingerprint density at radius 1 is 1.40 bits per heavy atom. The maximum Gasteiger partial charge on any atom is 0.160 e. The van der Waals surface area contributed by atoms with E-state index in [0.29, 0.717) is 12.0 Å². The van der Waals surface area contributed by atoms with Crippen LogP contribution in [-0.2, 0) is 6.54 Å². The van der Waals surface area contributed by atoms with Crippen molar-refractivity contribution in [2.45, 2.75) is 37.8 Å². The quantitative estimate of drug-likeness (QED) is 0.942. The van der Waals surface area contributed by atoms with Gasteiger partial charge in [0, 0.05) is 30.5 Å². The van der Waals surface area contributed by atoms with Crippen molar-refractivity contribution in [3.05, 3.63) is 24.2 Å². The summed E-state index contributed by atoms with van der Waals surface area (Å²) in [5, 5.41) is 3.60. The summed E-state index contributed by atoms with van der Waals surface area (Å²) < 4.78 is 2.38. The zero-order valence-electron chi connectivity index (χ0n) is 11.6. The summed E-state index contributed by atoms with van der Waals surface area (Å²) >= 11 is 2.05. The first-order chi connectivity index (χ1) is 9.92. The van der Waals surface area contributed by atoms with E-state index in [9.17, 15) is 0 Å². The maximum atomic E-state index is 4.90. The molecule has 0 spiro atoms. The Morgan fingerprint density at radius 2 is 2.40 bits per heavy atom. The van der Waals surface area contributed by atoms with Gasteiger partial charge in [0.25, 0.3) is 0 Å². The van der Waals surface area contributed by atoms with Crippen molar-refractivity contribution in [1.82, 2.24) is 19.9 Å². The van der Waals surface area contributed by atoms with Crippen LogP contribution in [-0.4, -0.2) is 38.6 Å². The first-order valence-electron chi connectivity index (χ1n) is 7.54. The topological polar surface area (TPSA) is 42.7 Å². The lowest BCUT2D eigenvalue weighted by Crippen LogP contribution is -2.28. The second-order valence-corrected chi connectivity index (χ2v) is 6.93. The molecule has 0 amide bonds. The van der Waals surface area contributed by atoms with Crippen molar-refractivity contribution in [2.24, 2.45) is 0 Å². The van der Waals surface area contributed by atoms with E-state index < -0.39 is 0 Å². The summed E-state index contributed by atoms with van der Waals surface area (Å²) in [7, 11) is 0. The minimum atomic E-state index is 0.585. The van der Waals surface area contributed by atoms with Gasteiger partial charge in [0.2, 0.25) is 0 Å². The summed E-state index contributed by atoms with van der Waals surface area (Å²) in [6.07, 6.45) is 5.70. The Kier molecular flexibility index (Phi) is 3.40. The van der Waals surface area contributed by atoms with Gasteiger partial charge in [-0.1, -0.05) is 0 Å². The van der Waals surface area contributed by atoms with Crippen LogP contribution in [0.15, 0.2) is 18.3 Å². The number of nitrogens with zero attached hydrogens (tertiary/aromatic N) is 3. The number of imidazole rings is 1. The lowest BCUT2D eigenvalue weighted by atomic mass is 10.1. The predicted molar refractivity (Wildman–Crippen MR) is 83.2 cm³/mol. The molecule has 4 nitrogen and oxygen atoms in total. The zero-order valence-corrected chi connectivity index (χ0v) is 12.4. The second kappa shape index (κ2) is 5.37. The van der Waals surface area contributed by atoms with Crippen molar-refractivity contribution in [1.29, 1.82) is 0 Å². The van der Waals surface area contributed by atoms with Crippen molar-refractivity contribution in [3.8, 4) is 0 Å². The molecule has 2 aliphatic heterocycles. The fourth-order valence-electron chi connectivity index (χ4n) is 3.34. The maximum absolute atomic E-state index is 4.90. The minimum absolute atomic E-state index is 0.585. The van der Waals surface area contributed by atoms with E-state index in [0.717, 1.165) is 24.3 Å². The Balaban J connectivity index is 1.75. The SMILES string of the molecule is c1cnc2c(c1)nc(C1CCSC1)n2CC1CCCN1. The van der Waals surface area contributed by atoms with Crippen molar-refractivity contribution >= 4 is 22.9 Å². The van der Waals surface area contributed by atoms with E-state index in [4.69, 9.17) is 4.98 Å². The number of nitrogens with one attached hydrogen (secondary N) is 1. The molecule has 4 heterocycles. The van der Waals surface area contributed by atoms with Crippen LogP contribution in [0.3, 0.4) is 0 Å². The molecule has 5 heteroatoms. The summed E-state index contributed by atoms with van der Waals surface area (Å²) in [5.74, 6) is 4.35. The number of thioether (sulfide) groups is 1. The monoisotopic (exact) mass is 288 g/mol. The summed E-state index contributed by atoms with van der Waals surface area (Å²) in [6, 6.07) is 4.66. The van der Waals surface area contributed by atoms with Gasteiger partial charge in [-0.3, -0.25) is 0 Å². The van der Waals surface area contributed by atoms with Crippen LogP contribution in [0.2, 0.25) is 0 Å². The molecule has 2 saturated heterocycles. The Morgan fingerprint density at radius 3 is 3.20 bits per heavy atom. The number of rotatable bonds is 3. The molecule has 2 aromatic heterocycles. The molecule has 2 atom stereocenters. The van der Waals surface area contributed by atoms with Crippen molar-refractivity contribution in [3.63, 3.8) is 0 Å². The molecule has 0 aliphatic carbocycles. The van der Waals surface area contributed by atoms with Crippen LogP contribution < -0.4 is 5.32 Å². The van der Waals surface area contributed by atoms with Gasteiger partial charge in [0.15, 0.2) is 5.65 Å². The van der Waals surface area contributed by atoms with Gasteiger partial charge in [-0.15, -0.1) is 0 Å². The Hall–Kier alpha value is -1.07. The fourth-order valence-corrected chi connectivity index (χ4v) is 4.56. The number of hydrogen-bond acceptors (Lipinski definition) is 4. The Labute approximate surface area is 123 Å². The van der Waals surface area contributed by atoms with Gasteiger partial charge < -0.3 is 9.88 Å². The summed E-state index contributed by atoms with van der Waals surface area (Å²) in [6.45, 7) is 2.17. The molecule has 0 aromatic carbocycles. The molecule has 0 saturated carbocycles. The fraction of sp³-hybridized carbons (Fsp3) is 0.600.